The van der Waals surface area contributed by atoms with Gasteiger partial charge in [0.15, 0.2) is 0 Å². The van der Waals surface area contributed by atoms with Crippen LogP contribution in [0.25, 0.3) is 10.1 Å². The van der Waals surface area contributed by atoms with E-state index in [9.17, 15) is 4.79 Å². The van der Waals surface area contributed by atoms with Gasteiger partial charge >= 0.3 is 0 Å². The lowest BCUT2D eigenvalue weighted by Crippen LogP contribution is -2.12. The second kappa shape index (κ2) is 5.05. The maximum atomic E-state index is 12.4. The third kappa shape index (κ3) is 2.48. The van der Waals surface area contributed by atoms with Gasteiger partial charge in [-0.2, -0.15) is 5.10 Å². The molecular formula is C14H13ClN4OS. The average Bonchev–Trinajstić information content (AvgIpc) is 2.90. The highest BCUT2D eigenvalue weighted by Crippen LogP contribution is 2.35. The van der Waals surface area contributed by atoms with E-state index in [1.807, 2.05) is 19.1 Å². The number of fused-ring (bicyclic) bond motifs is 1. The molecule has 0 fully saturated rings. The van der Waals surface area contributed by atoms with Gasteiger partial charge in [0.25, 0.3) is 5.91 Å². The molecule has 108 valence electrons. The Hall–Kier alpha value is -2.05. The first-order valence-corrected chi connectivity index (χ1v) is 7.44. The summed E-state index contributed by atoms with van der Waals surface area (Å²) in [5.74, 6) is -0.235. The average molecular weight is 321 g/mol. The Morgan fingerprint density at radius 3 is 2.90 bits per heavy atom. The Balaban J connectivity index is 1.98. The molecule has 3 rings (SSSR count). The molecule has 0 aliphatic rings. The number of nitrogens with one attached hydrogen (secondary N) is 1. The predicted molar refractivity (Wildman–Crippen MR) is 87.1 cm³/mol. The van der Waals surface area contributed by atoms with Crippen molar-refractivity contribution in [2.45, 2.75) is 6.92 Å². The summed E-state index contributed by atoms with van der Waals surface area (Å²) in [5, 5.41) is 8.50. The molecule has 1 aromatic carbocycles. The zero-order valence-corrected chi connectivity index (χ0v) is 13.0. The smallest absolute Gasteiger partial charge is 0.267 e. The van der Waals surface area contributed by atoms with Crippen molar-refractivity contribution in [1.29, 1.82) is 0 Å². The molecule has 3 N–H and O–H groups in total. The van der Waals surface area contributed by atoms with Crippen molar-refractivity contribution in [3.8, 4) is 0 Å². The summed E-state index contributed by atoms with van der Waals surface area (Å²) >= 11 is 7.30. The highest BCUT2D eigenvalue weighted by Gasteiger charge is 2.18. The molecule has 0 radical (unpaired) electrons. The molecule has 0 spiro atoms. The van der Waals surface area contributed by atoms with E-state index >= 15 is 0 Å². The van der Waals surface area contributed by atoms with Crippen LogP contribution in [0.3, 0.4) is 0 Å². The molecule has 0 saturated carbocycles. The van der Waals surface area contributed by atoms with Crippen LogP contribution in [0.4, 0.5) is 11.4 Å². The van der Waals surface area contributed by atoms with Crippen LogP contribution in [0.2, 0.25) is 5.02 Å². The van der Waals surface area contributed by atoms with Crippen molar-refractivity contribution in [1.82, 2.24) is 9.78 Å². The van der Waals surface area contributed by atoms with Gasteiger partial charge in [0.05, 0.1) is 17.1 Å². The summed E-state index contributed by atoms with van der Waals surface area (Å²) in [6, 6.07) is 5.40. The van der Waals surface area contributed by atoms with Gasteiger partial charge in [0, 0.05) is 28.4 Å². The topological polar surface area (TPSA) is 72.9 Å². The van der Waals surface area contributed by atoms with Gasteiger partial charge in [-0.1, -0.05) is 11.6 Å². The largest absolute Gasteiger partial charge is 0.397 e. The van der Waals surface area contributed by atoms with Gasteiger partial charge in [-0.25, -0.2) is 0 Å². The molecule has 0 unspecified atom stereocenters. The molecule has 0 aliphatic heterocycles. The van der Waals surface area contributed by atoms with E-state index in [-0.39, 0.29) is 5.91 Å². The highest BCUT2D eigenvalue weighted by atomic mass is 35.5. The maximum absolute atomic E-state index is 12.4. The minimum Gasteiger partial charge on any atom is -0.397 e. The molecule has 7 heteroatoms. The fourth-order valence-corrected chi connectivity index (χ4v) is 3.45. The van der Waals surface area contributed by atoms with Crippen LogP contribution < -0.4 is 11.1 Å². The second-order valence-electron chi connectivity index (χ2n) is 4.74. The van der Waals surface area contributed by atoms with Crippen LogP contribution in [0.5, 0.6) is 0 Å². The molecule has 2 heterocycles. The lowest BCUT2D eigenvalue weighted by Gasteiger charge is -2.02. The summed E-state index contributed by atoms with van der Waals surface area (Å²) in [7, 11) is 1.80. The van der Waals surface area contributed by atoms with E-state index in [0.717, 1.165) is 15.8 Å². The lowest BCUT2D eigenvalue weighted by molar-refractivity contribution is 0.103. The van der Waals surface area contributed by atoms with Crippen LogP contribution in [0, 0.1) is 6.92 Å². The molecule has 2 aromatic heterocycles. The number of hydrogen-bond acceptors (Lipinski definition) is 4. The van der Waals surface area contributed by atoms with Gasteiger partial charge in [-0.05, 0) is 25.1 Å². The van der Waals surface area contributed by atoms with Gasteiger partial charge in [0.2, 0.25) is 0 Å². The predicted octanol–water partition coefficient (Wildman–Crippen LogP) is 3.43. The molecule has 0 saturated heterocycles. The number of carbonyl (C=O) groups excluding carboxylic acids is 1. The zero-order chi connectivity index (χ0) is 15.1. The van der Waals surface area contributed by atoms with Gasteiger partial charge in [0.1, 0.15) is 4.88 Å². The van der Waals surface area contributed by atoms with E-state index in [2.05, 4.69) is 10.4 Å². The van der Waals surface area contributed by atoms with Crippen LogP contribution >= 0.6 is 22.9 Å². The summed E-state index contributed by atoms with van der Waals surface area (Å²) in [5.41, 5.74) is 7.99. The number of nitrogens with zero attached hydrogens (tertiary/aromatic N) is 2. The minimum absolute atomic E-state index is 0.235. The van der Waals surface area contributed by atoms with Crippen molar-refractivity contribution < 1.29 is 4.79 Å². The number of nitrogen functional groups attached to an aromatic ring is 1. The number of aromatic nitrogens is 2. The van der Waals surface area contributed by atoms with E-state index in [1.165, 1.54) is 11.3 Å². The Morgan fingerprint density at radius 2 is 2.24 bits per heavy atom. The number of thiophene rings is 1. The first kappa shape index (κ1) is 13.9. The summed E-state index contributed by atoms with van der Waals surface area (Å²) in [4.78, 5) is 12.9. The number of benzene rings is 1. The summed E-state index contributed by atoms with van der Waals surface area (Å²) in [6.45, 7) is 1.84. The number of rotatable bonds is 2. The van der Waals surface area contributed by atoms with Crippen molar-refractivity contribution in [2.24, 2.45) is 7.05 Å². The van der Waals surface area contributed by atoms with Gasteiger partial charge < -0.3 is 11.1 Å². The molecule has 1 amide bonds. The lowest BCUT2D eigenvalue weighted by atomic mass is 10.2. The Bertz CT molecular complexity index is 852. The Morgan fingerprint density at radius 1 is 1.48 bits per heavy atom. The van der Waals surface area contributed by atoms with Crippen LogP contribution in [0.1, 0.15) is 15.4 Å². The number of nitrogens with two attached hydrogens (primary N) is 1. The van der Waals surface area contributed by atoms with E-state index in [1.54, 1.807) is 24.0 Å². The van der Waals surface area contributed by atoms with Gasteiger partial charge in [-0.15, -0.1) is 11.3 Å². The van der Waals surface area contributed by atoms with Gasteiger partial charge in [-0.3, -0.25) is 9.48 Å². The summed E-state index contributed by atoms with van der Waals surface area (Å²) < 4.78 is 2.55. The first-order chi connectivity index (χ1) is 9.95. The van der Waals surface area contributed by atoms with E-state index in [0.29, 0.717) is 21.3 Å². The highest BCUT2D eigenvalue weighted by molar-refractivity contribution is 7.21. The van der Waals surface area contributed by atoms with Crippen molar-refractivity contribution >= 4 is 50.3 Å². The molecular weight excluding hydrogens is 308 g/mol. The fraction of sp³-hybridized carbons (Fsp3) is 0.143. The number of halogens is 1. The van der Waals surface area contributed by atoms with E-state index in [4.69, 9.17) is 17.3 Å². The third-order valence-corrected chi connectivity index (χ3v) is 4.56. The van der Waals surface area contributed by atoms with Crippen molar-refractivity contribution in [2.75, 3.05) is 11.1 Å². The molecule has 0 atom stereocenters. The van der Waals surface area contributed by atoms with Crippen LogP contribution in [0.15, 0.2) is 24.4 Å². The quantitative estimate of drug-likeness (QED) is 0.759. The molecule has 3 aromatic rings. The Labute approximate surface area is 130 Å². The maximum Gasteiger partial charge on any atom is 0.267 e. The number of aryl methyl sites for hydroxylation is 2. The molecule has 0 aliphatic carbocycles. The Kier molecular flexibility index (Phi) is 3.35. The number of carbonyl (C=O) groups is 1. The molecule has 0 bridgehead atoms. The van der Waals surface area contributed by atoms with Crippen LogP contribution in [-0.4, -0.2) is 15.7 Å². The number of hydrogen-bond donors (Lipinski definition) is 2. The molecule has 5 nitrogen and oxygen atoms in total. The van der Waals surface area contributed by atoms with Crippen molar-refractivity contribution in [3.05, 3.63) is 40.0 Å². The minimum atomic E-state index is -0.235. The third-order valence-electron chi connectivity index (χ3n) is 3.16. The summed E-state index contributed by atoms with van der Waals surface area (Å²) in [6.07, 6.45) is 1.76. The second-order valence-corrected chi connectivity index (χ2v) is 6.23. The van der Waals surface area contributed by atoms with E-state index < -0.39 is 0 Å². The number of amides is 1. The normalized spacial score (nSPS) is 11.0. The van der Waals surface area contributed by atoms with Crippen LogP contribution in [-0.2, 0) is 7.05 Å². The zero-order valence-electron chi connectivity index (χ0n) is 11.5. The standard InChI is InChI=1S/C14H13ClN4OS/c1-7-10(6-19(2)18-7)17-14(20)13-12(16)9-4-3-8(15)5-11(9)21-13/h3-6H,16H2,1-2H3,(H,17,20). The number of anilines is 2. The SMILES string of the molecule is Cc1nn(C)cc1NC(=O)c1sc2cc(Cl)ccc2c1N. The molecule has 21 heavy (non-hydrogen) atoms. The monoisotopic (exact) mass is 320 g/mol. The first-order valence-electron chi connectivity index (χ1n) is 6.25. The van der Waals surface area contributed by atoms with Crippen molar-refractivity contribution in [3.63, 3.8) is 0 Å². The fourth-order valence-electron chi connectivity index (χ4n) is 2.16.